The lowest BCUT2D eigenvalue weighted by Gasteiger charge is -2.25. The molecule has 0 aliphatic carbocycles. The minimum atomic E-state index is -0.678. The van der Waals surface area contributed by atoms with Crippen LogP contribution in [0.3, 0.4) is 0 Å². The van der Waals surface area contributed by atoms with E-state index in [2.05, 4.69) is 0 Å². The van der Waals surface area contributed by atoms with Crippen molar-refractivity contribution in [3.63, 3.8) is 0 Å². The van der Waals surface area contributed by atoms with Gasteiger partial charge in [-0.05, 0) is 25.8 Å². The van der Waals surface area contributed by atoms with Crippen molar-refractivity contribution < 1.29 is 19.4 Å². The first-order chi connectivity index (χ1) is 9.82. The molecular weight excluding hydrogens is 268 g/mol. The lowest BCUT2D eigenvalue weighted by Crippen LogP contribution is -2.31. The topological polar surface area (TPSA) is 63.6 Å². The van der Waals surface area contributed by atoms with Crippen LogP contribution in [-0.4, -0.2) is 28.6 Å². The van der Waals surface area contributed by atoms with Crippen LogP contribution >= 0.6 is 0 Å². The predicted octanol–water partition coefficient (Wildman–Crippen LogP) is 2.67. The summed E-state index contributed by atoms with van der Waals surface area (Å²) in [6, 6.07) is 9.74. The van der Waals surface area contributed by atoms with Gasteiger partial charge < -0.3 is 9.84 Å². The van der Waals surface area contributed by atoms with Gasteiger partial charge in [0.1, 0.15) is 17.8 Å². The third kappa shape index (κ3) is 7.04. The van der Waals surface area contributed by atoms with Gasteiger partial charge in [-0.2, -0.15) is 0 Å². The number of benzene rings is 1. The third-order valence-corrected chi connectivity index (χ3v) is 3.14. The molecule has 0 bridgehead atoms. The Hall–Kier alpha value is -1.68. The molecule has 0 aliphatic heterocycles. The molecule has 4 heteroatoms. The number of ketones is 1. The lowest BCUT2D eigenvalue weighted by atomic mass is 9.98. The fourth-order valence-corrected chi connectivity index (χ4v) is 2.11. The molecule has 0 saturated carbocycles. The lowest BCUT2D eigenvalue weighted by molar-refractivity contribution is -0.157. The molecule has 0 fully saturated rings. The van der Waals surface area contributed by atoms with Crippen LogP contribution in [0.5, 0.6) is 0 Å². The van der Waals surface area contributed by atoms with Gasteiger partial charge in [-0.1, -0.05) is 37.3 Å². The van der Waals surface area contributed by atoms with Gasteiger partial charge in [-0.15, -0.1) is 0 Å². The summed E-state index contributed by atoms with van der Waals surface area (Å²) >= 11 is 0. The molecule has 21 heavy (non-hydrogen) atoms. The van der Waals surface area contributed by atoms with Gasteiger partial charge in [-0.3, -0.25) is 9.59 Å². The third-order valence-electron chi connectivity index (χ3n) is 3.14. The number of ether oxygens (including phenoxy) is 1. The molecule has 1 rings (SSSR count). The minimum Gasteiger partial charge on any atom is -0.459 e. The Kier molecular flexibility index (Phi) is 6.56. The second-order valence-electron chi connectivity index (χ2n) is 5.88. The maximum atomic E-state index is 11.8. The number of esters is 1. The highest BCUT2D eigenvalue weighted by Gasteiger charge is 2.25. The number of rotatable bonds is 8. The van der Waals surface area contributed by atoms with Crippen molar-refractivity contribution in [1.82, 2.24) is 0 Å². The Morgan fingerprint density at radius 3 is 2.43 bits per heavy atom. The fraction of sp³-hybridized carbons (Fsp3) is 0.529. The second-order valence-corrected chi connectivity index (χ2v) is 5.88. The molecule has 0 heterocycles. The van der Waals surface area contributed by atoms with Gasteiger partial charge >= 0.3 is 5.97 Å². The van der Waals surface area contributed by atoms with Gasteiger partial charge in [0.2, 0.25) is 0 Å². The maximum Gasteiger partial charge on any atom is 0.313 e. The molecule has 4 nitrogen and oxygen atoms in total. The van der Waals surface area contributed by atoms with Gasteiger partial charge in [0.15, 0.2) is 0 Å². The normalized spacial score (nSPS) is 12.8. The quantitative estimate of drug-likeness (QED) is 0.591. The first kappa shape index (κ1) is 17.4. The van der Waals surface area contributed by atoms with E-state index in [-0.39, 0.29) is 18.6 Å². The number of carbonyl (C=O) groups excluding carboxylic acids is 2. The molecule has 0 saturated heterocycles. The smallest absolute Gasteiger partial charge is 0.313 e. The monoisotopic (exact) mass is 292 g/mol. The van der Waals surface area contributed by atoms with Crippen molar-refractivity contribution >= 4 is 11.8 Å². The highest BCUT2D eigenvalue weighted by atomic mass is 16.6. The summed E-state index contributed by atoms with van der Waals surface area (Å²) in [5.41, 5.74) is 0.408. The van der Waals surface area contributed by atoms with Crippen LogP contribution in [0.25, 0.3) is 0 Å². The number of hydrogen-bond donors (Lipinski definition) is 1. The molecule has 0 aromatic heterocycles. The number of aliphatic hydroxyl groups is 1. The van der Waals surface area contributed by atoms with Crippen molar-refractivity contribution in [2.45, 2.75) is 58.2 Å². The van der Waals surface area contributed by atoms with Crippen LogP contribution in [0.1, 0.15) is 45.6 Å². The van der Waals surface area contributed by atoms with Gasteiger partial charge in [0, 0.05) is 12.8 Å². The molecule has 0 radical (unpaired) electrons. The minimum absolute atomic E-state index is 0.00468. The highest BCUT2D eigenvalue weighted by Crippen LogP contribution is 2.18. The Morgan fingerprint density at radius 1 is 1.24 bits per heavy atom. The van der Waals surface area contributed by atoms with Crippen molar-refractivity contribution in [3.05, 3.63) is 35.9 Å². The number of Topliss-reactive ketones (excluding diaryl/α,β-unsaturated/α-hetero) is 1. The molecule has 1 aromatic rings. The van der Waals surface area contributed by atoms with E-state index in [1.807, 2.05) is 44.2 Å². The Morgan fingerprint density at radius 2 is 1.86 bits per heavy atom. The van der Waals surface area contributed by atoms with Crippen LogP contribution in [0.2, 0.25) is 0 Å². The van der Waals surface area contributed by atoms with E-state index >= 15 is 0 Å². The largest absolute Gasteiger partial charge is 0.459 e. The zero-order valence-corrected chi connectivity index (χ0v) is 13.0. The van der Waals surface area contributed by atoms with E-state index in [4.69, 9.17) is 4.74 Å². The zero-order valence-electron chi connectivity index (χ0n) is 13.0. The van der Waals surface area contributed by atoms with Crippen molar-refractivity contribution in [3.8, 4) is 0 Å². The number of aliphatic hydroxyl groups excluding tert-OH is 1. The average molecular weight is 292 g/mol. The summed E-state index contributed by atoms with van der Waals surface area (Å²) in [6.07, 6.45) is 0.133. The van der Waals surface area contributed by atoms with Crippen molar-refractivity contribution in [1.29, 1.82) is 0 Å². The van der Waals surface area contributed by atoms with Gasteiger partial charge in [0.25, 0.3) is 0 Å². The molecule has 1 atom stereocenters. The Balaban J connectivity index is 2.47. The first-order valence-corrected chi connectivity index (χ1v) is 7.28. The molecule has 0 spiro atoms. The summed E-state index contributed by atoms with van der Waals surface area (Å²) in [7, 11) is 0. The standard InChI is InChI=1S/C17H24O4/c1-4-14(18)10-15(19)11-16(20)21-17(2,3)12-13-8-6-5-7-9-13/h5-9,14,18H,4,10-12H2,1-3H3/t14-/m1/s1. The summed E-state index contributed by atoms with van der Waals surface area (Å²) < 4.78 is 5.39. The Labute approximate surface area is 126 Å². The molecule has 0 unspecified atom stereocenters. The summed E-state index contributed by atoms with van der Waals surface area (Å²) in [5, 5.41) is 9.40. The van der Waals surface area contributed by atoms with E-state index in [0.29, 0.717) is 12.8 Å². The van der Waals surface area contributed by atoms with Crippen LogP contribution < -0.4 is 0 Å². The molecule has 1 aromatic carbocycles. The highest BCUT2D eigenvalue weighted by molar-refractivity contribution is 5.95. The molecule has 1 N–H and O–H groups in total. The molecule has 0 amide bonds. The van der Waals surface area contributed by atoms with E-state index < -0.39 is 17.7 Å². The van der Waals surface area contributed by atoms with Crippen LogP contribution in [0, 0.1) is 0 Å². The molecule has 116 valence electrons. The average Bonchev–Trinajstić information content (AvgIpc) is 2.37. The van der Waals surface area contributed by atoms with Crippen molar-refractivity contribution in [2.75, 3.05) is 0 Å². The molecular formula is C17H24O4. The second kappa shape index (κ2) is 7.93. The van der Waals surface area contributed by atoms with E-state index in [0.717, 1.165) is 5.56 Å². The summed E-state index contributed by atoms with van der Waals surface area (Å²) in [5.74, 6) is -0.825. The maximum absolute atomic E-state index is 11.8. The van der Waals surface area contributed by atoms with E-state index in [1.54, 1.807) is 6.92 Å². The predicted molar refractivity (Wildman–Crippen MR) is 80.9 cm³/mol. The van der Waals surface area contributed by atoms with Gasteiger partial charge in [0.05, 0.1) is 6.10 Å². The number of carbonyl (C=O) groups is 2. The van der Waals surface area contributed by atoms with Crippen molar-refractivity contribution in [2.24, 2.45) is 0 Å². The number of hydrogen-bond acceptors (Lipinski definition) is 4. The zero-order chi connectivity index (χ0) is 15.9. The SMILES string of the molecule is CC[C@@H](O)CC(=O)CC(=O)OC(C)(C)Cc1ccccc1. The van der Waals surface area contributed by atoms with Gasteiger partial charge in [-0.25, -0.2) is 0 Å². The van der Waals surface area contributed by atoms with E-state index in [1.165, 1.54) is 0 Å². The van der Waals surface area contributed by atoms with Crippen LogP contribution in [0.15, 0.2) is 30.3 Å². The van der Waals surface area contributed by atoms with Crippen LogP contribution in [0.4, 0.5) is 0 Å². The summed E-state index contributed by atoms with van der Waals surface area (Å²) in [4.78, 5) is 23.4. The molecule has 0 aliphatic rings. The summed E-state index contributed by atoms with van der Waals surface area (Å²) in [6.45, 7) is 5.44. The Bertz CT molecular complexity index is 465. The van der Waals surface area contributed by atoms with Crippen LogP contribution in [-0.2, 0) is 20.7 Å². The van der Waals surface area contributed by atoms with E-state index in [9.17, 15) is 14.7 Å². The first-order valence-electron chi connectivity index (χ1n) is 7.28. The fourth-order valence-electron chi connectivity index (χ4n) is 2.11.